The van der Waals surface area contributed by atoms with Crippen LogP contribution in [0.3, 0.4) is 0 Å². The molecular formula is C14H16Cl2Si2. The van der Waals surface area contributed by atoms with Crippen molar-refractivity contribution in [3.05, 3.63) is 35.4 Å². The largest absolute Gasteiger partial charge is 0.228 e. The monoisotopic (exact) mass is 310 g/mol. The zero-order valence-electron chi connectivity index (χ0n) is 11.1. The van der Waals surface area contributed by atoms with Crippen molar-refractivity contribution in [2.24, 2.45) is 0 Å². The lowest BCUT2D eigenvalue weighted by Gasteiger charge is -2.01. The molecule has 0 radical (unpaired) electrons. The Hall–Kier alpha value is -0.646. The molecule has 0 nitrogen and oxygen atoms in total. The highest BCUT2D eigenvalue weighted by Gasteiger charge is 2.12. The third kappa shape index (κ3) is 6.94. The van der Waals surface area contributed by atoms with Gasteiger partial charge in [0.1, 0.15) is 0 Å². The molecule has 0 saturated carbocycles. The molecule has 0 amide bonds. The Kier molecular flexibility index (Phi) is 5.13. The Morgan fingerprint density at radius 1 is 0.833 bits per heavy atom. The molecule has 1 rings (SSSR count). The van der Waals surface area contributed by atoms with Crippen molar-refractivity contribution in [1.82, 2.24) is 0 Å². The fourth-order valence-electron chi connectivity index (χ4n) is 1.12. The fourth-order valence-corrected chi connectivity index (χ4v) is 2.28. The van der Waals surface area contributed by atoms with Gasteiger partial charge in [-0.2, -0.15) is 22.2 Å². The minimum Gasteiger partial charge on any atom is -0.151 e. The predicted molar refractivity (Wildman–Crippen MR) is 86.9 cm³/mol. The van der Waals surface area contributed by atoms with Gasteiger partial charge in [0.15, 0.2) is 0 Å². The van der Waals surface area contributed by atoms with E-state index in [1.807, 2.05) is 50.5 Å². The Morgan fingerprint density at radius 2 is 1.22 bits per heavy atom. The number of benzene rings is 1. The highest BCUT2D eigenvalue weighted by atomic mass is 35.6. The van der Waals surface area contributed by atoms with E-state index >= 15 is 0 Å². The van der Waals surface area contributed by atoms with E-state index in [-0.39, 0.29) is 0 Å². The Labute approximate surface area is 121 Å². The first-order valence-corrected chi connectivity index (χ1v) is 13.7. The molecule has 1 aromatic carbocycles. The van der Waals surface area contributed by atoms with Crippen LogP contribution in [-0.4, -0.2) is 14.8 Å². The van der Waals surface area contributed by atoms with Gasteiger partial charge in [0.05, 0.1) is 0 Å². The van der Waals surface area contributed by atoms with E-state index in [0.717, 1.165) is 11.1 Å². The first-order valence-electron chi connectivity index (χ1n) is 5.70. The molecule has 0 saturated heterocycles. The second kappa shape index (κ2) is 6.00. The second-order valence-electron chi connectivity index (χ2n) is 5.03. The lowest BCUT2D eigenvalue weighted by molar-refractivity contribution is 1.60. The minimum absolute atomic E-state index is 0.956. The number of hydrogen-bond donors (Lipinski definition) is 0. The van der Waals surface area contributed by atoms with Crippen LogP contribution in [-0.2, 0) is 0 Å². The molecule has 94 valence electrons. The van der Waals surface area contributed by atoms with Crippen LogP contribution in [0.25, 0.3) is 0 Å². The summed E-state index contributed by atoms with van der Waals surface area (Å²) in [7, 11) is -3.69. The third-order valence-corrected chi connectivity index (χ3v) is 3.88. The van der Waals surface area contributed by atoms with Crippen LogP contribution in [0.1, 0.15) is 11.1 Å². The summed E-state index contributed by atoms with van der Waals surface area (Å²) >= 11 is 12.3. The van der Waals surface area contributed by atoms with Gasteiger partial charge in [-0.15, -0.1) is 11.1 Å². The van der Waals surface area contributed by atoms with Crippen molar-refractivity contribution < 1.29 is 0 Å². The summed E-state index contributed by atoms with van der Waals surface area (Å²) < 4.78 is 0. The van der Waals surface area contributed by atoms with Gasteiger partial charge in [-0.25, -0.2) is 0 Å². The van der Waals surface area contributed by atoms with E-state index in [1.54, 1.807) is 0 Å². The van der Waals surface area contributed by atoms with Crippen molar-refractivity contribution in [2.75, 3.05) is 0 Å². The molecule has 0 unspecified atom stereocenters. The average molecular weight is 311 g/mol. The zero-order valence-corrected chi connectivity index (χ0v) is 14.6. The SMILES string of the molecule is C[Si](C)(Cl)C#Cc1cccc(C#C[Si](C)(C)Cl)c1. The van der Waals surface area contributed by atoms with Gasteiger partial charge in [-0.3, -0.25) is 0 Å². The van der Waals surface area contributed by atoms with Crippen molar-refractivity contribution >= 4 is 36.9 Å². The summed E-state index contributed by atoms with van der Waals surface area (Å²) in [4.78, 5) is 0. The van der Waals surface area contributed by atoms with Gasteiger partial charge in [-0.1, -0.05) is 17.9 Å². The summed E-state index contributed by atoms with van der Waals surface area (Å²) in [5.41, 5.74) is 8.16. The zero-order chi connectivity index (χ0) is 13.8. The molecule has 0 N–H and O–H groups in total. The van der Waals surface area contributed by atoms with Crippen LogP contribution in [0.4, 0.5) is 0 Å². The van der Waals surface area contributed by atoms with Crippen molar-refractivity contribution in [3.63, 3.8) is 0 Å². The number of halogens is 2. The quantitative estimate of drug-likeness (QED) is 0.379. The summed E-state index contributed by atoms with van der Waals surface area (Å²) in [6.07, 6.45) is 0. The van der Waals surface area contributed by atoms with Crippen LogP contribution in [0.15, 0.2) is 24.3 Å². The first kappa shape index (κ1) is 15.4. The summed E-state index contributed by atoms with van der Waals surface area (Å²) in [5.74, 6) is 6.23. The molecule has 0 aliphatic heterocycles. The average Bonchev–Trinajstić information content (AvgIpc) is 2.22. The van der Waals surface area contributed by atoms with E-state index in [2.05, 4.69) is 22.9 Å². The van der Waals surface area contributed by atoms with Crippen LogP contribution in [0.2, 0.25) is 26.2 Å². The second-order valence-corrected chi connectivity index (χ2v) is 17.1. The molecule has 0 aliphatic rings. The molecular weight excluding hydrogens is 295 g/mol. The fraction of sp³-hybridized carbons (Fsp3) is 0.286. The lowest BCUT2D eigenvalue weighted by atomic mass is 10.1. The summed E-state index contributed by atoms with van der Waals surface area (Å²) in [6.45, 7) is 8.03. The standard InChI is InChI=1S/C14H16Cl2Si2/c1-17(2,15)10-8-13-6-5-7-14(12-13)9-11-18(3,4)16/h5-7,12H,1-4H3. The van der Waals surface area contributed by atoms with Crippen LogP contribution in [0.5, 0.6) is 0 Å². The summed E-state index contributed by atoms with van der Waals surface area (Å²) in [6, 6.07) is 7.88. The normalized spacial score (nSPS) is 11.0. The van der Waals surface area contributed by atoms with E-state index in [1.165, 1.54) is 0 Å². The van der Waals surface area contributed by atoms with E-state index in [0.29, 0.717) is 0 Å². The van der Waals surface area contributed by atoms with Gasteiger partial charge in [-0.05, 0) is 44.4 Å². The minimum atomic E-state index is -1.84. The number of hydrogen-bond acceptors (Lipinski definition) is 0. The molecule has 1 aromatic rings. The van der Waals surface area contributed by atoms with Gasteiger partial charge in [0.25, 0.3) is 0 Å². The van der Waals surface area contributed by atoms with E-state index in [9.17, 15) is 0 Å². The Morgan fingerprint density at radius 3 is 1.56 bits per heavy atom. The maximum Gasteiger partial charge on any atom is 0.228 e. The number of rotatable bonds is 0. The van der Waals surface area contributed by atoms with Crippen LogP contribution < -0.4 is 0 Å². The third-order valence-electron chi connectivity index (χ3n) is 1.87. The molecule has 4 heteroatoms. The molecule has 0 atom stereocenters. The van der Waals surface area contributed by atoms with E-state index in [4.69, 9.17) is 22.2 Å². The highest BCUT2D eigenvalue weighted by molar-refractivity contribution is 7.24. The van der Waals surface area contributed by atoms with Crippen molar-refractivity contribution in [3.8, 4) is 22.9 Å². The molecule has 0 heterocycles. The maximum absolute atomic E-state index is 6.17. The molecule has 0 aromatic heterocycles. The van der Waals surface area contributed by atoms with Crippen LogP contribution >= 0.6 is 22.2 Å². The molecule has 0 spiro atoms. The van der Waals surface area contributed by atoms with Crippen molar-refractivity contribution in [2.45, 2.75) is 26.2 Å². The smallest absolute Gasteiger partial charge is 0.151 e. The first-order chi connectivity index (χ1) is 8.16. The van der Waals surface area contributed by atoms with E-state index < -0.39 is 14.8 Å². The lowest BCUT2D eigenvalue weighted by Crippen LogP contribution is -2.12. The van der Waals surface area contributed by atoms with Gasteiger partial charge < -0.3 is 0 Å². The molecule has 0 aliphatic carbocycles. The molecule has 0 fully saturated rings. The predicted octanol–water partition coefficient (Wildman–Crippen LogP) is 4.36. The topological polar surface area (TPSA) is 0 Å². The van der Waals surface area contributed by atoms with Gasteiger partial charge in [0.2, 0.25) is 14.8 Å². The molecule has 0 bridgehead atoms. The molecule has 18 heavy (non-hydrogen) atoms. The maximum atomic E-state index is 6.17. The van der Waals surface area contributed by atoms with Crippen LogP contribution in [0, 0.1) is 22.9 Å². The van der Waals surface area contributed by atoms with Gasteiger partial charge in [0, 0.05) is 11.1 Å². The van der Waals surface area contributed by atoms with Crippen molar-refractivity contribution in [1.29, 1.82) is 0 Å². The Bertz CT molecular complexity index is 496. The summed E-state index contributed by atoms with van der Waals surface area (Å²) in [5, 5.41) is 0. The highest BCUT2D eigenvalue weighted by Crippen LogP contribution is 2.09. The van der Waals surface area contributed by atoms with Gasteiger partial charge >= 0.3 is 0 Å². The Balaban J connectivity index is 2.99.